The third kappa shape index (κ3) is 1.15. The fourth-order valence-corrected chi connectivity index (χ4v) is 1.37. The van der Waals surface area contributed by atoms with Crippen molar-refractivity contribution in [3.05, 3.63) is 18.2 Å². The van der Waals surface area contributed by atoms with Gasteiger partial charge >= 0.3 is 0 Å². The summed E-state index contributed by atoms with van der Waals surface area (Å²) in [5.74, 6) is 0.892. The van der Waals surface area contributed by atoms with Gasteiger partial charge in [0.1, 0.15) is 20.2 Å². The summed E-state index contributed by atoms with van der Waals surface area (Å²) in [6, 6.07) is 5.75. The molecule has 2 rings (SSSR count). The van der Waals surface area contributed by atoms with E-state index in [0.29, 0.717) is 0 Å². The largest absolute Gasteiger partial charge is 0.490 e. The van der Waals surface area contributed by atoms with Gasteiger partial charge in [0.05, 0.1) is 12.2 Å². The molecule has 0 spiro atoms. The monoisotopic (exact) mass is 159 g/mol. The SMILES string of the molecule is [B]c1ccc2c(c1)OCCN2C. The van der Waals surface area contributed by atoms with E-state index in [4.69, 9.17) is 12.6 Å². The molecule has 0 N–H and O–H groups in total. The van der Waals surface area contributed by atoms with Gasteiger partial charge in [0, 0.05) is 7.05 Å². The minimum Gasteiger partial charge on any atom is -0.490 e. The predicted octanol–water partition coefficient (Wildman–Crippen LogP) is 0.309. The highest BCUT2D eigenvalue weighted by atomic mass is 16.5. The van der Waals surface area contributed by atoms with Crippen LogP contribution in [0, 0.1) is 0 Å². The van der Waals surface area contributed by atoms with E-state index in [1.165, 1.54) is 0 Å². The Morgan fingerprint density at radius 1 is 1.50 bits per heavy atom. The molecule has 0 aromatic heterocycles. The molecule has 0 aliphatic carbocycles. The van der Waals surface area contributed by atoms with E-state index in [1.54, 1.807) is 0 Å². The Labute approximate surface area is 73.5 Å². The van der Waals surface area contributed by atoms with Gasteiger partial charge in [-0.1, -0.05) is 11.5 Å². The number of anilines is 1. The summed E-state index contributed by atoms with van der Waals surface area (Å²) in [5, 5.41) is 0. The summed E-state index contributed by atoms with van der Waals surface area (Å²) in [5.41, 5.74) is 1.87. The Hall–Kier alpha value is -1.12. The first-order valence-electron chi connectivity index (χ1n) is 4.01. The normalized spacial score (nSPS) is 15.2. The van der Waals surface area contributed by atoms with Crippen molar-refractivity contribution in [1.29, 1.82) is 0 Å². The summed E-state index contributed by atoms with van der Waals surface area (Å²) in [7, 11) is 7.68. The van der Waals surface area contributed by atoms with E-state index in [1.807, 2.05) is 18.2 Å². The van der Waals surface area contributed by atoms with E-state index in [2.05, 4.69) is 11.9 Å². The summed E-state index contributed by atoms with van der Waals surface area (Å²) >= 11 is 0. The standard InChI is InChI=1S/C9H10BNO/c1-11-4-5-12-9-6-7(10)2-3-8(9)11/h2-3,6H,4-5H2,1H3. The van der Waals surface area contributed by atoms with Crippen LogP contribution in [0.3, 0.4) is 0 Å². The van der Waals surface area contributed by atoms with Crippen molar-refractivity contribution < 1.29 is 4.74 Å². The van der Waals surface area contributed by atoms with Gasteiger partial charge in [-0.2, -0.15) is 0 Å². The maximum Gasteiger partial charge on any atom is 0.142 e. The smallest absolute Gasteiger partial charge is 0.142 e. The lowest BCUT2D eigenvalue weighted by atomic mass is 9.95. The van der Waals surface area contributed by atoms with E-state index in [-0.39, 0.29) is 0 Å². The minimum absolute atomic E-state index is 0.743. The van der Waals surface area contributed by atoms with Crippen molar-refractivity contribution in [1.82, 2.24) is 0 Å². The lowest BCUT2D eigenvalue weighted by molar-refractivity contribution is 0.311. The Bertz CT molecular complexity index is 301. The van der Waals surface area contributed by atoms with Crippen molar-refractivity contribution in [2.45, 2.75) is 0 Å². The van der Waals surface area contributed by atoms with E-state index < -0.39 is 0 Å². The second kappa shape index (κ2) is 2.74. The molecule has 0 bridgehead atoms. The molecule has 0 amide bonds. The van der Waals surface area contributed by atoms with Crippen molar-refractivity contribution in [2.24, 2.45) is 0 Å². The van der Waals surface area contributed by atoms with Crippen LogP contribution >= 0.6 is 0 Å². The second-order valence-corrected chi connectivity index (χ2v) is 3.00. The van der Waals surface area contributed by atoms with E-state index in [0.717, 1.165) is 30.1 Å². The van der Waals surface area contributed by atoms with E-state index >= 15 is 0 Å². The average Bonchev–Trinajstić information content (AvgIpc) is 2.04. The molecule has 3 heteroatoms. The number of ether oxygens (including phenoxy) is 1. The molecule has 60 valence electrons. The number of hydrogen-bond acceptors (Lipinski definition) is 2. The van der Waals surface area contributed by atoms with Crippen LogP contribution < -0.4 is 15.1 Å². The van der Waals surface area contributed by atoms with Crippen LogP contribution in [0.4, 0.5) is 5.69 Å². The summed E-state index contributed by atoms with van der Waals surface area (Å²) in [6.07, 6.45) is 0. The lowest BCUT2D eigenvalue weighted by Crippen LogP contribution is -2.29. The topological polar surface area (TPSA) is 12.5 Å². The Morgan fingerprint density at radius 3 is 3.17 bits per heavy atom. The molecule has 2 nitrogen and oxygen atoms in total. The summed E-state index contributed by atoms with van der Waals surface area (Å²) in [4.78, 5) is 2.16. The van der Waals surface area contributed by atoms with Crippen LogP contribution in [0.1, 0.15) is 0 Å². The fourth-order valence-electron chi connectivity index (χ4n) is 1.37. The van der Waals surface area contributed by atoms with Crippen molar-refractivity contribution >= 4 is 19.0 Å². The minimum atomic E-state index is 0.743. The van der Waals surface area contributed by atoms with Crippen molar-refractivity contribution in [2.75, 3.05) is 25.1 Å². The Balaban J connectivity index is 2.46. The number of likely N-dealkylation sites (N-methyl/N-ethyl adjacent to an activating group) is 1. The summed E-state index contributed by atoms with van der Waals surface area (Å²) in [6.45, 7) is 1.68. The van der Waals surface area contributed by atoms with Crippen molar-refractivity contribution in [3.8, 4) is 5.75 Å². The maximum atomic E-state index is 5.63. The van der Waals surface area contributed by atoms with Crippen LogP contribution in [0.15, 0.2) is 18.2 Å². The molecule has 1 heterocycles. The first-order valence-corrected chi connectivity index (χ1v) is 4.01. The molecule has 0 fully saturated rings. The fraction of sp³-hybridized carbons (Fsp3) is 0.333. The predicted molar refractivity (Wildman–Crippen MR) is 50.6 cm³/mol. The third-order valence-electron chi connectivity index (χ3n) is 2.08. The van der Waals surface area contributed by atoms with Gasteiger partial charge in [-0.05, 0) is 12.1 Å². The molecular weight excluding hydrogens is 149 g/mol. The molecule has 0 unspecified atom stereocenters. The highest BCUT2D eigenvalue weighted by Crippen LogP contribution is 2.28. The second-order valence-electron chi connectivity index (χ2n) is 3.00. The zero-order chi connectivity index (χ0) is 8.55. The Morgan fingerprint density at radius 2 is 2.33 bits per heavy atom. The molecule has 1 aliphatic heterocycles. The zero-order valence-electron chi connectivity index (χ0n) is 7.08. The maximum absolute atomic E-state index is 5.63. The van der Waals surface area contributed by atoms with E-state index in [9.17, 15) is 0 Å². The number of fused-ring (bicyclic) bond motifs is 1. The highest BCUT2D eigenvalue weighted by molar-refractivity contribution is 6.32. The molecule has 1 aliphatic rings. The number of rotatable bonds is 0. The number of hydrogen-bond donors (Lipinski definition) is 0. The van der Waals surface area contributed by atoms with Crippen LogP contribution in [-0.2, 0) is 0 Å². The number of benzene rings is 1. The van der Waals surface area contributed by atoms with Crippen LogP contribution in [0.5, 0.6) is 5.75 Å². The van der Waals surface area contributed by atoms with Gasteiger partial charge in [0.15, 0.2) is 0 Å². The van der Waals surface area contributed by atoms with Gasteiger partial charge in [-0.3, -0.25) is 0 Å². The molecule has 12 heavy (non-hydrogen) atoms. The first-order chi connectivity index (χ1) is 5.77. The Kier molecular flexibility index (Phi) is 1.72. The molecular formula is C9H10BNO. The molecule has 0 saturated carbocycles. The van der Waals surface area contributed by atoms with Crippen LogP contribution in [0.25, 0.3) is 0 Å². The lowest BCUT2D eigenvalue weighted by Gasteiger charge is -2.27. The molecule has 2 radical (unpaired) electrons. The average molecular weight is 159 g/mol. The summed E-state index contributed by atoms with van der Waals surface area (Å²) < 4.78 is 5.45. The van der Waals surface area contributed by atoms with Gasteiger partial charge in [0.25, 0.3) is 0 Å². The van der Waals surface area contributed by atoms with Crippen LogP contribution in [0.2, 0.25) is 0 Å². The number of nitrogens with zero attached hydrogens (tertiary/aromatic N) is 1. The van der Waals surface area contributed by atoms with Crippen LogP contribution in [-0.4, -0.2) is 28.0 Å². The third-order valence-corrected chi connectivity index (χ3v) is 2.08. The van der Waals surface area contributed by atoms with Gasteiger partial charge in [0.2, 0.25) is 0 Å². The molecule has 0 saturated heterocycles. The molecule has 1 aromatic carbocycles. The van der Waals surface area contributed by atoms with Gasteiger partial charge in [-0.15, -0.1) is 0 Å². The quantitative estimate of drug-likeness (QED) is 0.505. The molecule has 1 aromatic rings. The molecule has 0 atom stereocenters. The first kappa shape index (κ1) is 7.53. The highest BCUT2D eigenvalue weighted by Gasteiger charge is 2.13. The van der Waals surface area contributed by atoms with Crippen molar-refractivity contribution in [3.63, 3.8) is 0 Å². The zero-order valence-corrected chi connectivity index (χ0v) is 7.08. The van der Waals surface area contributed by atoms with Gasteiger partial charge in [-0.25, -0.2) is 0 Å². The van der Waals surface area contributed by atoms with Gasteiger partial charge < -0.3 is 9.64 Å².